The molecule has 3 aromatic rings. The Morgan fingerprint density at radius 2 is 1.77 bits per heavy atom. The highest BCUT2D eigenvalue weighted by Crippen LogP contribution is 2.43. The van der Waals surface area contributed by atoms with Gasteiger partial charge >= 0.3 is 0 Å². The average molecular weight is 442 g/mol. The first-order chi connectivity index (χ1) is 14.6. The van der Waals surface area contributed by atoms with Gasteiger partial charge in [0.1, 0.15) is 11.6 Å². The molecule has 0 spiro atoms. The van der Waals surface area contributed by atoms with Gasteiger partial charge in [0.15, 0.2) is 0 Å². The number of anilines is 1. The second-order valence-corrected chi connectivity index (χ2v) is 9.33. The fourth-order valence-corrected chi connectivity index (χ4v) is 5.69. The van der Waals surface area contributed by atoms with Crippen molar-refractivity contribution in [3.05, 3.63) is 76.2 Å². The van der Waals surface area contributed by atoms with Crippen LogP contribution in [0.15, 0.2) is 48.5 Å². The Labute approximate surface area is 183 Å². The highest BCUT2D eigenvalue weighted by Gasteiger charge is 2.43. The minimum atomic E-state index is -0.568. The molecule has 0 radical (unpaired) electrons. The molecule has 5 rings (SSSR count). The summed E-state index contributed by atoms with van der Waals surface area (Å²) in [5.41, 5.74) is 3.20. The molecular weight excluding hydrogens is 421 g/mol. The maximum absolute atomic E-state index is 13.7. The third-order valence-electron chi connectivity index (χ3n) is 6.14. The monoisotopic (exact) mass is 441 g/mol. The summed E-state index contributed by atoms with van der Waals surface area (Å²) in [7, 11) is 0. The van der Waals surface area contributed by atoms with Crippen LogP contribution in [0.4, 0.5) is 10.2 Å². The van der Waals surface area contributed by atoms with Gasteiger partial charge in [0.05, 0.1) is 16.8 Å². The molecule has 0 saturated heterocycles. The number of carbonyl (C=O) groups is 1. The van der Waals surface area contributed by atoms with Crippen LogP contribution in [0.5, 0.6) is 0 Å². The first-order valence-electron chi connectivity index (χ1n) is 10.1. The third-order valence-corrected chi connectivity index (χ3v) is 7.37. The molecule has 2 aromatic carbocycles. The molecule has 1 amide bonds. The fraction of sp³-hybridized carbons (Fsp3) is 0.304. The van der Waals surface area contributed by atoms with Crippen molar-refractivity contribution in [1.82, 2.24) is 9.78 Å². The fourth-order valence-electron chi connectivity index (χ4n) is 4.53. The summed E-state index contributed by atoms with van der Waals surface area (Å²) in [6.07, 6.45) is 3.65. The Kier molecular flexibility index (Phi) is 5.07. The summed E-state index contributed by atoms with van der Waals surface area (Å²) >= 11 is 7.87. The van der Waals surface area contributed by atoms with Crippen molar-refractivity contribution in [3.8, 4) is 5.69 Å². The number of nitrogens with zero attached hydrogens (tertiary/aromatic N) is 2. The van der Waals surface area contributed by atoms with Gasteiger partial charge in [-0.15, -0.1) is 0 Å². The Bertz CT molecular complexity index is 1090. The van der Waals surface area contributed by atoms with Crippen molar-refractivity contribution in [2.45, 2.75) is 42.6 Å². The van der Waals surface area contributed by atoms with E-state index in [0.717, 1.165) is 59.7 Å². The lowest BCUT2D eigenvalue weighted by molar-refractivity contribution is -0.121. The number of aromatic nitrogens is 2. The van der Waals surface area contributed by atoms with Crippen LogP contribution in [0, 0.1) is 5.82 Å². The van der Waals surface area contributed by atoms with Gasteiger partial charge in [0.2, 0.25) is 5.91 Å². The number of carbonyl (C=O) groups excluding carboxylic acids is 1. The van der Waals surface area contributed by atoms with Crippen LogP contribution >= 0.6 is 23.4 Å². The van der Waals surface area contributed by atoms with Crippen molar-refractivity contribution >= 4 is 35.1 Å². The Hall–Kier alpha value is -2.31. The van der Waals surface area contributed by atoms with E-state index in [9.17, 15) is 9.18 Å². The zero-order valence-corrected chi connectivity index (χ0v) is 17.9. The van der Waals surface area contributed by atoms with Crippen LogP contribution in [0.1, 0.15) is 42.5 Å². The van der Waals surface area contributed by atoms with E-state index in [4.69, 9.17) is 16.7 Å². The van der Waals surface area contributed by atoms with Crippen molar-refractivity contribution in [2.24, 2.45) is 0 Å². The molecular formula is C23H21ClFN3OS. The number of benzene rings is 2. The molecule has 0 unspecified atom stereocenters. The Morgan fingerprint density at radius 1 is 1.07 bits per heavy atom. The predicted octanol–water partition coefficient (Wildman–Crippen LogP) is 5.86. The molecule has 1 aromatic heterocycles. The summed E-state index contributed by atoms with van der Waals surface area (Å²) in [5, 5.41) is 8.60. The first kappa shape index (κ1) is 19.6. The lowest BCUT2D eigenvalue weighted by Gasteiger charge is -2.28. The van der Waals surface area contributed by atoms with E-state index in [1.165, 1.54) is 12.1 Å². The van der Waals surface area contributed by atoms with Crippen LogP contribution < -0.4 is 5.32 Å². The van der Waals surface area contributed by atoms with Gasteiger partial charge in [-0.1, -0.05) is 36.6 Å². The molecule has 0 atom stereocenters. The summed E-state index contributed by atoms with van der Waals surface area (Å²) in [6, 6.07) is 13.8. The molecule has 2 heterocycles. The van der Waals surface area contributed by atoms with Crippen LogP contribution in [0.3, 0.4) is 0 Å². The molecule has 154 valence electrons. The number of thioether (sulfide) groups is 1. The Morgan fingerprint density at radius 3 is 2.47 bits per heavy atom. The highest BCUT2D eigenvalue weighted by atomic mass is 35.5. The van der Waals surface area contributed by atoms with Crippen molar-refractivity contribution in [2.75, 3.05) is 5.32 Å². The molecule has 1 N–H and O–H groups in total. The van der Waals surface area contributed by atoms with Crippen LogP contribution in [0.25, 0.3) is 5.69 Å². The quantitative estimate of drug-likeness (QED) is 0.551. The number of amides is 1. The topological polar surface area (TPSA) is 46.9 Å². The summed E-state index contributed by atoms with van der Waals surface area (Å²) < 4.78 is 15.2. The van der Waals surface area contributed by atoms with E-state index >= 15 is 0 Å². The second kappa shape index (κ2) is 7.75. The maximum atomic E-state index is 13.7. The molecule has 30 heavy (non-hydrogen) atoms. The summed E-state index contributed by atoms with van der Waals surface area (Å²) in [5.74, 6) is 2.01. The van der Waals surface area contributed by atoms with Crippen molar-refractivity contribution in [1.29, 1.82) is 0 Å². The second-order valence-electron chi connectivity index (χ2n) is 7.91. The largest absolute Gasteiger partial charge is 0.310 e. The Balaban J connectivity index is 1.54. The molecule has 1 saturated carbocycles. The van der Waals surface area contributed by atoms with Crippen LogP contribution in [0.2, 0.25) is 5.02 Å². The first-order valence-corrected chi connectivity index (χ1v) is 11.6. The third kappa shape index (κ3) is 3.32. The van der Waals surface area contributed by atoms with Gasteiger partial charge in [0.25, 0.3) is 0 Å². The SMILES string of the molecule is O=C(Nc1c2c(nn1-c1ccc(F)cc1)CSC2)C1(c2ccc(Cl)cc2)CCCC1. The smallest absolute Gasteiger partial charge is 0.236 e. The lowest BCUT2D eigenvalue weighted by atomic mass is 9.78. The summed E-state index contributed by atoms with van der Waals surface area (Å²) in [6.45, 7) is 0. The van der Waals surface area contributed by atoms with Gasteiger partial charge in [-0.25, -0.2) is 9.07 Å². The van der Waals surface area contributed by atoms with E-state index < -0.39 is 5.41 Å². The van der Waals surface area contributed by atoms with E-state index in [1.54, 1.807) is 28.6 Å². The molecule has 7 heteroatoms. The number of hydrogen-bond donors (Lipinski definition) is 1. The van der Waals surface area contributed by atoms with Gasteiger partial charge in [-0.05, 0) is 54.8 Å². The average Bonchev–Trinajstić information content (AvgIpc) is 3.47. The number of nitrogens with one attached hydrogen (secondary N) is 1. The molecule has 4 nitrogen and oxygen atoms in total. The summed E-state index contributed by atoms with van der Waals surface area (Å²) in [4.78, 5) is 13.7. The van der Waals surface area contributed by atoms with Gasteiger partial charge in [-0.2, -0.15) is 16.9 Å². The van der Waals surface area contributed by atoms with E-state index in [0.29, 0.717) is 10.8 Å². The lowest BCUT2D eigenvalue weighted by Crippen LogP contribution is -2.38. The number of halogens is 2. The van der Waals surface area contributed by atoms with E-state index in [1.807, 2.05) is 24.3 Å². The van der Waals surface area contributed by atoms with E-state index in [2.05, 4.69) is 5.32 Å². The van der Waals surface area contributed by atoms with Crippen molar-refractivity contribution in [3.63, 3.8) is 0 Å². The molecule has 1 aliphatic heterocycles. The van der Waals surface area contributed by atoms with Gasteiger partial charge in [0, 0.05) is 22.1 Å². The zero-order chi connectivity index (χ0) is 20.7. The van der Waals surface area contributed by atoms with Crippen LogP contribution in [-0.2, 0) is 21.7 Å². The minimum absolute atomic E-state index is 0.00900. The van der Waals surface area contributed by atoms with Gasteiger partial charge < -0.3 is 5.32 Å². The number of fused-ring (bicyclic) bond motifs is 1. The number of hydrogen-bond acceptors (Lipinski definition) is 3. The standard InChI is InChI=1S/C23H21ClFN3OS/c24-16-5-3-15(4-6-16)23(11-1-2-12-23)22(29)26-21-19-13-30-14-20(19)27-28(21)18-9-7-17(25)8-10-18/h3-10H,1-2,11-14H2,(H,26,29). The molecule has 2 aliphatic rings. The van der Waals surface area contributed by atoms with E-state index in [-0.39, 0.29) is 11.7 Å². The highest BCUT2D eigenvalue weighted by molar-refractivity contribution is 7.98. The van der Waals surface area contributed by atoms with Crippen molar-refractivity contribution < 1.29 is 9.18 Å². The molecule has 1 fully saturated rings. The minimum Gasteiger partial charge on any atom is -0.310 e. The maximum Gasteiger partial charge on any atom is 0.236 e. The number of rotatable bonds is 4. The zero-order valence-electron chi connectivity index (χ0n) is 16.3. The normalized spacial score (nSPS) is 17.1. The molecule has 0 bridgehead atoms. The molecule has 1 aliphatic carbocycles. The van der Waals surface area contributed by atoms with Crippen LogP contribution in [-0.4, -0.2) is 15.7 Å². The predicted molar refractivity (Wildman–Crippen MR) is 119 cm³/mol. The van der Waals surface area contributed by atoms with Gasteiger partial charge in [-0.3, -0.25) is 4.79 Å².